The summed E-state index contributed by atoms with van der Waals surface area (Å²) in [6, 6.07) is 15.7. The summed E-state index contributed by atoms with van der Waals surface area (Å²) in [6.45, 7) is 5.16. The maximum absolute atomic E-state index is 12.5. The van der Waals surface area contributed by atoms with Crippen molar-refractivity contribution in [2.75, 3.05) is 38.0 Å². The first kappa shape index (κ1) is 21.3. The van der Waals surface area contributed by atoms with Crippen LogP contribution in [0.5, 0.6) is 0 Å². The first-order valence-electron chi connectivity index (χ1n) is 10.2. The lowest BCUT2D eigenvalue weighted by atomic mass is 10.1. The number of aryl methyl sites for hydroxylation is 2. The summed E-state index contributed by atoms with van der Waals surface area (Å²) >= 11 is 6.08. The number of carbonyl (C=O) groups excluding carboxylic acids is 2. The molecular formula is C23H28ClN3O2. The Hall–Kier alpha value is -2.37. The second kappa shape index (κ2) is 10.4. The predicted molar refractivity (Wildman–Crippen MR) is 117 cm³/mol. The maximum atomic E-state index is 12.5. The first-order chi connectivity index (χ1) is 14.0. The summed E-state index contributed by atoms with van der Waals surface area (Å²) in [4.78, 5) is 28.8. The summed E-state index contributed by atoms with van der Waals surface area (Å²) in [5.74, 6) is 0.0955. The Balaban J connectivity index is 1.39. The van der Waals surface area contributed by atoms with E-state index in [-0.39, 0.29) is 11.8 Å². The van der Waals surface area contributed by atoms with Crippen LogP contribution in [-0.4, -0.2) is 54.3 Å². The van der Waals surface area contributed by atoms with Gasteiger partial charge in [0.15, 0.2) is 0 Å². The first-order valence-corrected chi connectivity index (χ1v) is 10.5. The van der Waals surface area contributed by atoms with E-state index in [0.29, 0.717) is 49.9 Å². The van der Waals surface area contributed by atoms with E-state index in [1.807, 2.05) is 17.0 Å². The average molecular weight is 414 g/mol. The molecule has 0 unspecified atom stereocenters. The maximum Gasteiger partial charge on any atom is 0.238 e. The molecule has 1 saturated heterocycles. The highest BCUT2D eigenvalue weighted by atomic mass is 35.5. The Morgan fingerprint density at radius 1 is 0.966 bits per heavy atom. The van der Waals surface area contributed by atoms with Gasteiger partial charge in [0, 0.05) is 32.6 Å². The third kappa shape index (κ3) is 6.31. The largest absolute Gasteiger partial charge is 0.340 e. The fourth-order valence-electron chi connectivity index (χ4n) is 3.46. The Kier molecular flexibility index (Phi) is 7.67. The summed E-state index contributed by atoms with van der Waals surface area (Å²) in [7, 11) is 0. The van der Waals surface area contributed by atoms with Crippen LogP contribution < -0.4 is 5.32 Å². The third-order valence-corrected chi connectivity index (χ3v) is 5.63. The molecule has 0 aliphatic carbocycles. The number of benzene rings is 2. The summed E-state index contributed by atoms with van der Waals surface area (Å²) < 4.78 is 0. The van der Waals surface area contributed by atoms with Crippen LogP contribution in [0.15, 0.2) is 48.5 Å². The fourth-order valence-corrected chi connectivity index (χ4v) is 3.64. The highest BCUT2D eigenvalue weighted by Crippen LogP contribution is 2.20. The topological polar surface area (TPSA) is 52.7 Å². The van der Waals surface area contributed by atoms with Crippen LogP contribution in [0, 0.1) is 0 Å². The fraction of sp³-hybridized carbons (Fsp3) is 0.391. The Labute approximate surface area is 177 Å². The van der Waals surface area contributed by atoms with Crippen LogP contribution in [0.3, 0.4) is 0 Å². The molecule has 0 bridgehead atoms. The van der Waals surface area contributed by atoms with Crippen molar-refractivity contribution in [2.45, 2.75) is 26.2 Å². The van der Waals surface area contributed by atoms with Gasteiger partial charge in [-0.25, -0.2) is 0 Å². The SMILES string of the molecule is CCc1ccc(CCC(=O)N2CCN(CC(=O)Nc3ccccc3Cl)CC2)cc1. The number of carbonyl (C=O) groups is 2. The van der Waals surface area contributed by atoms with Gasteiger partial charge in [0.05, 0.1) is 17.3 Å². The van der Waals surface area contributed by atoms with Gasteiger partial charge < -0.3 is 10.2 Å². The number of para-hydroxylation sites is 1. The second-order valence-corrected chi connectivity index (χ2v) is 7.76. The number of nitrogens with one attached hydrogen (secondary N) is 1. The highest BCUT2D eigenvalue weighted by Gasteiger charge is 2.22. The van der Waals surface area contributed by atoms with E-state index < -0.39 is 0 Å². The van der Waals surface area contributed by atoms with E-state index in [1.54, 1.807) is 12.1 Å². The number of hydrogen-bond acceptors (Lipinski definition) is 3. The van der Waals surface area contributed by atoms with Crippen molar-refractivity contribution in [3.8, 4) is 0 Å². The average Bonchev–Trinajstić information content (AvgIpc) is 2.74. The smallest absolute Gasteiger partial charge is 0.238 e. The number of hydrogen-bond donors (Lipinski definition) is 1. The minimum atomic E-state index is -0.0894. The standard InChI is InChI=1S/C23H28ClN3O2/c1-2-18-7-9-19(10-8-18)11-12-23(29)27-15-13-26(14-16-27)17-22(28)25-21-6-4-3-5-20(21)24/h3-10H,2,11-17H2,1H3,(H,25,28). The van der Waals surface area contributed by atoms with Gasteiger partial charge in [0.2, 0.25) is 11.8 Å². The molecule has 2 aromatic rings. The van der Waals surface area contributed by atoms with Crippen molar-refractivity contribution in [1.82, 2.24) is 9.80 Å². The monoisotopic (exact) mass is 413 g/mol. The minimum Gasteiger partial charge on any atom is -0.340 e. The van der Waals surface area contributed by atoms with Gasteiger partial charge >= 0.3 is 0 Å². The lowest BCUT2D eigenvalue weighted by Gasteiger charge is -2.34. The van der Waals surface area contributed by atoms with Crippen LogP contribution in [0.1, 0.15) is 24.5 Å². The van der Waals surface area contributed by atoms with Crippen LogP contribution in [0.2, 0.25) is 5.02 Å². The van der Waals surface area contributed by atoms with E-state index in [2.05, 4.69) is 41.4 Å². The van der Waals surface area contributed by atoms with Crippen molar-refractivity contribution < 1.29 is 9.59 Å². The molecule has 154 valence electrons. The molecule has 29 heavy (non-hydrogen) atoms. The molecule has 1 aliphatic rings. The van der Waals surface area contributed by atoms with E-state index in [9.17, 15) is 9.59 Å². The Morgan fingerprint density at radius 2 is 1.62 bits per heavy atom. The van der Waals surface area contributed by atoms with E-state index in [4.69, 9.17) is 11.6 Å². The van der Waals surface area contributed by atoms with E-state index in [0.717, 1.165) is 12.8 Å². The zero-order chi connectivity index (χ0) is 20.6. The zero-order valence-corrected chi connectivity index (χ0v) is 17.6. The van der Waals surface area contributed by atoms with E-state index >= 15 is 0 Å². The number of piperazine rings is 1. The number of anilines is 1. The van der Waals surface area contributed by atoms with Gasteiger partial charge in [0.25, 0.3) is 0 Å². The van der Waals surface area contributed by atoms with Crippen molar-refractivity contribution in [3.05, 3.63) is 64.7 Å². The van der Waals surface area contributed by atoms with Crippen molar-refractivity contribution in [2.24, 2.45) is 0 Å². The Bertz CT molecular complexity index is 830. The highest BCUT2D eigenvalue weighted by molar-refractivity contribution is 6.33. The van der Waals surface area contributed by atoms with E-state index in [1.165, 1.54) is 11.1 Å². The third-order valence-electron chi connectivity index (χ3n) is 5.30. The number of nitrogens with zero attached hydrogens (tertiary/aromatic N) is 2. The second-order valence-electron chi connectivity index (χ2n) is 7.36. The quantitative estimate of drug-likeness (QED) is 0.754. The Morgan fingerprint density at radius 3 is 2.28 bits per heavy atom. The van der Waals surface area contributed by atoms with Gasteiger partial charge in [-0.3, -0.25) is 14.5 Å². The molecular weight excluding hydrogens is 386 g/mol. The molecule has 0 saturated carbocycles. The molecule has 1 heterocycles. The van der Waals surface area contributed by atoms with Crippen molar-refractivity contribution >= 4 is 29.1 Å². The molecule has 0 aromatic heterocycles. The minimum absolute atomic E-state index is 0.0894. The summed E-state index contributed by atoms with van der Waals surface area (Å²) in [5.41, 5.74) is 3.14. The molecule has 2 aromatic carbocycles. The summed E-state index contributed by atoms with van der Waals surface area (Å²) in [6.07, 6.45) is 2.32. The van der Waals surface area contributed by atoms with Gasteiger partial charge in [-0.1, -0.05) is 54.9 Å². The van der Waals surface area contributed by atoms with Crippen LogP contribution in [-0.2, 0) is 22.4 Å². The van der Waals surface area contributed by atoms with Gasteiger partial charge in [-0.15, -0.1) is 0 Å². The van der Waals surface area contributed by atoms with Gasteiger partial charge in [-0.2, -0.15) is 0 Å². The molecule has 3 rings (SSSR count). The van der Waals surface area contributed by atoms with Gasteiger partial charge in [0.1, 0.15) is 0 Å². The lowest BCUT2D eigenvalue weighted by Crippen LogP contribution is -2.50. The molecule has 1 aliphatic heterocycles. The van der Waals surface area contributed by atoms with Crippen LogP contribution >= 0.6 is 11.6 Å². The number of amides is 2. The molecule has 2 amide bonds. The number of halogens is 1. The number of rotatable bonds is 7. The molecule has 6 heteroatoms. The molecule has 5 nitrogen and oxygen atoms in total. The van der Waals surface area contributed by atoms with Gasteiger partial charge in [-0.05, 0) is 36.1 Å². The molecule has 1 fully saturated rings. The van der Waals surface area contributed by atoms with Crippen LogP contribution in [0.25, 0.3) is 0 Å². The molecule has 0 spiro atoms. The normalized spacial score (nSPS) is 14.6. The van der Waals surface area contributed by atoms with Crippen molar-refractivity contribution in [3.63, 3.8) is 0 Å². The zero-order valence-electron chi connectivity index (χ0n) is 16.9. The molecule has 0 atom stereocenters. The summed E-state index contributed by atoms with van der Waals surface area (Å²) in [5, 5.41) is 3.37. The predicted octanol–water partition coefficient (Wildman–Crippen LogP) is 3.62. The van der Waals surface area contributed by atoms with Crippen molar-refractivity contribution in [1.29, 1.82) is 0 Å². The molecule has 1 N–H and O–H groups in total. The lowest BCUT2D eigenvalue weighted by molar-refractivity contribution is -0.133. The molecule has 0 radical (unpaired) electrons. The van der Waals surface area contributed by atoms with Crippen LogP contribution in [0.4, 0.5) is 5.69 Å².